The average molecular weight is 533 g/mol. The predicted molar refractivity (Wildman–Crippen MR) is 149 cm³/mol. The van der Waals surface area contributed by atoms with Gasteiger partial charge in [0, 0.05) is 21.8 Å². The third-order valence-electron chi connectivity index (χ3n) is 5.48. The Morgan fingerprint density at radius 3 is 2.08 bits per heavy atom. The lowest BCUT2D eigenvalue weighted by Crippen LogP contribution is -2.19. The average Bonchev–Trinajstić information content (AvgIpc) is 2.93. The van der Waals surface area contributed by atoms with Gasteiger partial charge in [-0.15, -0.1) is 11.8 Å². The molecule has 0 aliphatic carbocycles. The smallest absolute Gasteiger partial charge is 0.255 e. The Labute approximate surface area is 225 Å². The number of benzene rings is 4. The largest absolute Gasteiger partial charge is 0.497 e. The van der Waals surface area contributed by atoms with E-state index in [9.17, 15) is 9.59 Å². The van der Waals surface area contributed by atoms with Crippen LogP contribution in [0.2, 0.25) is 5.02 Å². The van der Waals surface area contributed by atoms with Crippen molar-refractivity contribution in [3.63, 3.8) is 0 Å². The molecule has 0 saturated carbocycles. The summed E-state index contributed by atoms with van der Waals surface area (Å²) in [6.07, 6.45) is 0. The number of hydrogen-bond donors (Lipinski definition) is 2. The number of hydrogen-bond acceptors (Lipinski definition) is 5. The van der Waals surface area contributed by atoms with Gasteiger partial charge in [-0.1, -0.05) is 41.9 Å². The van der Waals surface area contributed by atoms with Crippen LogP contribution in [-0.2, 0) is 4.79 Å². The molecule has 1 unspecified atom stereocenters. The molecule has 37 heavy (non-hydrogen) atoms. The lowest BCUT2D eigenvalue weighted by atomic mass is 10.1. The molecule has 0 aliphatic rings. The van der Waals surface area contributed by atoms with Gasteiger partial charge in [0.1, 0.15) is 16.7 Å². The van der Waals surface area contributed by atoms with Crippen LogP contribution >= 0.6 is 23.4 Å². The van der Waals surface area contributed by atoms with Crippen LogP contribution in [-0.4, -0.2) is 26.0 Å². The monoisotopic (exact) mass is 532 g/mol. The van der Waals surface area contributed by atoms with Crippen molar-refractivity contribution >= 4 is 46.6 Å². The van der Waals surface area contributed by atoms with E-state index in [2.05, 4.69) is 10.6 Å². The van der Waals surface area contributed by atoms with Crippen molar-refractivity contribution in [2.45, 2.75) is 10.1 Å². The fourth-order valence-corrected chi connectivity index (χ4v) is 4.83. The Morgan fingerprint density at radius 2 is 1.46 bits per heavy atom. The minimum absolute atomic E-state index is 0.186. The fraction of sp³-hybridized carbons (Fsp3) is 0.103. The third-order valence-corrected chi connectivity index (χ3v) is 7.04. The fourth-order valence-electron chi connectivity index (χ4n) is 3.55. The Bertz CT molecular complexity index is 1360. The van der Waals surface area contributed by atoms with Gasteiger partial charge in [-0.25, -0.2) is 0 Å². The molecule has 4 aromatic carbocycles. The van der Waals surface area contributed by atoms with Crippen LogP contribution in [0.15, 0.2) is 102 Å². The van der Waals surface area contributed by atoms with Crippen LogP contribution in [0.4, 0.5) is 11.4 Å². The molecule has 0 radical (unpaired) electrons. The number of ether oxygens (including phenoxy) is 2. The third kappa shape index (κ3) is 6.84. The Balaban J connectivity index is 1.47. The first kappa shape index (κ1) is 26.1. The summed E-state index contributed by atoms with van der Waals surface area (Å²) in [4.78, 5) is 26.8. The quantitative estimate of drug-likeness (QED) is 0.225. The second-order valence-electron chi connectivity index (χ2n) is 7.95. The van der Waals surface area contributed by atoms with Crippen molar-refractivity contribution in [3.05, 3.63) is 113 Å². The molecule has 0 aromatic heterocycles. The maximum atomic E-state index is 13.3. The van der Waals surface area contributed by atoms with E-state index in [0.717, 1.165) is 10.5 Å². The van der Waals surface area contributed by atoms with Gasteiger partial charge in [0.25, 0.3) is 5.91 Å². The van der Waals surface area contributed by atoms with E-state index in [0.29, 0.717) is 33.5 Å². The Hall–Kier alpha value is -3.94. The molecule has 2 amide bonds. The summed E-state index contributed by atoms with van der Waals surface area (Å²) in [6, 6.07) is 28.9. The SMILES string of the molecule is COc1ccc(C(=O)Nc2ccc(SC(C(=O)Nc3ccc(OC)c(Cl)c3)c3ccccc3)cc2)cc1. The summed E-state index contributed by atoms with van der Waals surface area (Å²) in [5.74, 6) is 0.815. The topological polar surface area (TPSA) is 76.7 Å². The lowest BCUT2D eigenvalue weighted by molar-refractivity contribution is -0.115. The summed E-state index contributed by atoms with van der Waals surface area (Å²) < 4.78 is 10.3. The molecule has 0 bridgehead atoms. The summed E-state index contributed by atoms with van der Waals surface area (Å²) in [6.45, 7) is 0. The minimum Gasteiger partial charge on any atom is -0.497 e. The van der Waals surface area contributed by atoms with E-state index in [-0.39, 0.29) is 11.8 Å². The van der Waals surface area contributed by atoms with Crippen LogP contribution in [0.1, 0.15) is 21.2 Å². The van der Waals surface area contributed by atoms with Gasteiger partial charge in [0.2, 0.25) is 5.91 Å². The van der Waals surface area contributed by atoms with E-state index in [1.54, 1.807) is 49.6 Å². The molecule has 0 saturated heterocycles. The number of thioether (sulfide) groups is 1. The number of halogens is 1. The van der Waals surface area contributed by atoms with Crippen molar-refractivity contribution in [2.24, 2.45) is 0 Å². The maximum absolute atomic E-state index is 13.3. The lowest BCUT2D eigenvalue weighted by Gasteiger charge is -2.18. The van der Waals surface area contributed by atoms with Crippen LogP contribution in [0.25, 0.3) is 0 Å². The first-order valence-electron chi connectivity index (χ1n) is 11.4. The van der Waals surface area contributed by atoms with E-state index >= 15 is 0 Å². The van der Waals surface area contributed by atoms with Gasteiger partial charge >= 0.3 is 0 Å². The number of nitrogens with one attached hydrogen (secondary N) is 2. The summed E-state index contributed by atoms with van der Waals surface area (Å²) in [7, 11) is 3.12. The van der Waals surface area contributed by atoms with Crippen LogP contribution < -0.4 is 20.1 Å². The van der Waals surface area contributed by atoms with E-state index < -0.39 is 5.25 Å². The highest BCUT2D eigenvalue weighted by molar-refractivity contribution is 8.00. The van der Waals surface area contributed by atoms with Crippen LogP contribution in [0, 0.1) is 0 Å². The molecule has 0 spiro atoms. The normalized spacial score (nSPS) is 11.3. The first-order chi connectivity index (χ1) is 18.0. The van der Waals surface area contributed by atoms with Crippen molar-refractivity contribution in [1.82, 2.24) is 0 Å². The zero-order valence-electron chi connectivity index (χ0n) is 20.2. The zero-order chi connectivity index (χ0) is 26.2. The van der Waals surface area contributed by atoms with E-state index in [4.69, 9.17) is 21.1 Å². The standard InChI is InChI=1S/C29H25ClN2O4S/c1-35-23-13-8-20(9-14-23)28(33)31-21-10-15-24(16-11-21)37-27(19-6-4-3-5-7-19)29(34)32-22-12-17-26(36-2)25(30)18-22/h3-18,27H,1-2H3,(H,31,33)(H,32,34). The molecule has 2 N–H and O–H groups in total. The molecule has 188 valence electrons. The van der Waals surface area contributed by atoms with Gasteiger partial charge in [0.05, 0.1) is 19.2 Å². The minimum atomic E-state index is -0.512. The van der Waals surface area contributed by atoms with Crippen molar-refractivity contribution in [2.75, 3.05) is 24.9 Å². The molecule has 8 heteroatoms. The van der Waals surface area contributed by atoms with E-state index in [1.165, 1.54) is 18.9 Å². The van der Waals surface area contributed by atoms with Gasteiger partial charge in [-0.05, 0) is 72.3 Å². The van der Waals surface area contributed by atoms with Crippen molar-refractivity contribution in [3.8, 4) is 11.5 Å². The highest BCUT2D eigenvalue weighted by atomic mass is 35.5. The molecular weight excluding hydrogens is 508 g/mol. The summed E-state index contributed by atoms with van der Waals surface area (Å²) in [5, 5.41) is 5.74. The second-order valence-corrected chi connectivity index (χ2v) is 9.54. The van der Waals surface area contributed by atoms with Crippen molar-refractivity contribution in [1.29, 1.82) is 0 Å². The first-order valence-corrected chi connectivity index (χ1v) is 12.6. The van der Waals surface area contributed by atoms with Gasteiger partial charge in [0.15, 0.2) is 0 Å². The van der Waals surface area contributed by atoms with Crippen LogP contribution in [0.5, 0.6) is 11.5 Å². The number of rotatable bonds is 9. The molecule has 0 fully saturated rings. The molecule has 0 heterocycles. The summed E-state index contributed by atoms with van der Waals surface area (Å²) in [5.41, 5.74) is 2.62. The molecule has 0 aliphatic heterocycles. The van der Waals surface area contributed by atoms with Gasteiger partial charge < -0.3 is 20.1 Å². The molecular formula is C29H25ClN2O4S. The number of amides is 2. The summed E-state index contributed by atoms with van der Waals surface area (Å²) >= 11 is 7.64. The van der Waals surface area contributed by atoms with Gasteiger partial charge in [-0.3, -0.25) is 9.59 Å². The van der Waals surface area contributed by atoms with E-state index in [1.807, 2.05) is 54.6 Å². The predicted octanol–water partition coefficient (Wildman–Crippen LogP) is 7.08. The molecule has 6 nitrogen and oxygen atoms in total. The molecule has 4 aromatic rings. The number of carbonyl (C=O) groups excluding carboxylic acids is 2. The highest BCUT2D eigenvalue weighted by Gasteiger charge is 2.22. The Morgan fingerprint density at radius 1 is 0.784 bits per heavy atom. The van der Waals surface area contributed by atoms with Crippen molar-refractivity contribution < 1.29 is 19.1 Å². The Kier molecular flexibility index (Phi) is 8.72. The zero-order valence-corrected chi connectivity index (χ0v) is 21.8. The second kappa shape index (κ2) is 12.3. The highest BCUT2D eigenvalue weighted by Crippen LogP contribution is 2.37. The number of carbonyl (C=O) groups is 2. The van der Waals surface area contributed by atoms with Crippen LogP contribution in [0.3, 0.4) is 0 Å². The van der Waals surface area contributed by atoms with Gasteiger partial charge in [-0.2, -0.15) is 0 Å². The molecule has 1 atom stereocenters. The maximum Gasteiger partial charge on any atom is 0.255 e. The molecule has 4 rings (SSSR count). The number of anilines is 2. The number of methoxy groups -OCH3 is 2.